The van der Waals surface area contributed by atoms with E-state index in [0.717, 1.165) is 16.7 Å². The first-order valence-corrected chi connectivity index (χ1v) is 8.93. The van der Waals surface area contributed by atoms with Gasteiger partial charge in [-0.3, -0.25) is 0 Å². The summed E-state index contributed by atoms with van der Waals surface area (Å²) in [7, 11) is 0. The van der Waals surface area contributed by atoms with E-state index < -0.39 is 5.60 Å². The number of hydrogen-bond acceptors (Lipinski definition) is 5. The summed E-state index contributed by atoms with van der Waals surface area (Å²) in [4.78, 5) is 17.1. The van der Waals surface area contributed by atoms with Gasteiger partial charge in [-0.05, 0) is 45.0 Å². The number of carbonyl (C=O) groups is 1. The molecule has 3 aromatic rings. The van der Waals surface area contributed by atoms with Crippen LogP contribution in [0.4, 0.5) is 4.79 Å². The van der Waals surface area contributed by atoms with Gasteiger partial charge in [-0.25, -0.2) is 4.79 Å². The molecule has 0 aliphatic carbocycles. The van der Waals surface area contributed by atoms with Crippen LogP contribution in [-0.2, 0) is 4.74 Å². The summed E-state index contributed by atoms with van der Waals surface area (Å²) >= 11 is 0. The van der Waals surface area contributed by atoms with Crippen molar-refractivity contribution in [2.45, 2.75) is 32.3 Å². The number of nitrogens with zero attached hydrogens (tertiary/aromatic N) is 3. The second-order valence-electron chi connectivity index (χ2n) is 7.85. The fraction of sp³-hybridized carbons (Fsp3) is 0.350. The number of fused-ring (bicyclic) bond motifs is 1. The molecule has 2 aromatic heterocycles. The number of rotatable bonds is 2. The molecule has 1 aromatic carbocycles. The number of phenols is 1. The van der Waals surface area contributed by atoms with E-state index in [1.807, 2.05) is 39.0 Å². The van der Waals surface area contributed by atoms with E-state index in [1.165, 1.54) is 0 Å². The van der Waals surface area contributed by atoms with E-state index in [0.29, 0.717) is 24.3 Å². The van der Waals surface area contributed by atoms with Gasteiger partial charge in [0.25, 0.3) is 0 Å². The van der Waals surface area contributed by atoms with Crippen molar-refractivity contribution in [2.24, 2.45) is 0 Å². The molecule has 0 radical (unpaired) electrons. The van der Waals surface area contributed by atoms with Crippen LogP contribution in [0.15, 0.2) is 36.4 Å². The van der Waals surface area contributed by atoms with Gasteiger partial charge in [0.15, 0.2) is 0 Å². The van der Waals surface area contributed by atoms with Crippen molar-refractivity contribution in [1.29, 1.82) is 0 Å². The molecular formula is C20H22N4O3. The minimum Gasteiger partial charge on any atom is -0.507 e. The first kappa shape index (κ1) is 17.3. The quantitative estimate of drug-likeness (QED) is 0.722. The molecule has 0 saturated carbocycles. The van der Waals surface area contributed by atoms with E-state index in [9.17, 15) is 9.90 Å². The molecule has 3 heterocycles. The smallest absolute Gasteiger partial charge is 0.410 e. The van der Waals surface area contributed by atoms with Gasteiger partial charge in [0.2, 0.25) is 0 Å². The summed E-state index contributed by atoms with van der Waals surface area (Å²) in [5.41, 5.74) is 3.40. The number of aromatic amines is 1. The lowest BCUT2D eigenvalue weighted by molar-refractivity contribution is 0.00793. The second kappa shape index (κ2) is 6.26. The number of aromatic hydroxyl groups is 1. The third-order valence-corrected chi connectivity index (χ3v) is 4.55. The van der Waals surface area contributed by atoms with Crippen LogP contribution in [0, 0.1) is 0 Å². The van der Waals surface area contributed by atoms with Gasteiger partial charge in [-0.1, -0.05) is 12.1 Å². The number of ether oxygens (including phenoxy) is 1. The standard InChI is InChI=1S/C20H22N4O3/c1-20(2,3)27-19(26)24-10-12(11-24)14-8-17-16(21-14)9-15(22-23-17)13-6-4-5-7-18(13)25/h4-9,12,21,25H,10-11H2,1-3H3. The molecule has 0 unspecified atom stereocenters. The fourth-order valence-electron chi connectivity index (χ4n) is 3.14. The van der Waals surface area contributed by atoms with E-state index in [1.54, 1.807) is 23.1 Å². The number of para-hydroxylation sites is 1. The average molecular weight is 366 g/mol. The van der Waals surface area contributed by atoms with Crippen molar-refractivity contribution in [1.82, 2.24) is 20.1 Å². The number of phenolic OH excluding ortho intramolecular Hbond substituents is 1. The molecule has 1 aliphatic heterocycles. The van der Waals surface area contributed by atoms with Crippen molar-refractivity contribution in [3.63, 3.8) is 0 Å². The first-order chi connectivity index (χ1) is 12.8. The topological polar surface area (TPSA) is 91.3 Å². The maximum Gasteiger partial charge on any atom is 0.410 e. The molecule has 140 valence electrons. The number of amides is 1. The Morgan fingerprint density at radius 2 is 1.96 bits per heavy atom. The molecular weight excluding hydrogens is 344 g/mol. The summed E-state index contributed by atoms with van der Waals surface area (Å²) in [6.07, 6.45) is -0.281. The molecule has 27 heavy (non-hydrogen) atoms. The predicted octanol–water partition coefficient (Wildman–Crippen LogP) is 3.66. The van der Waals surface area contributed by atoms with Crippen molar-refractivity contribution < 1.29 is 14.6 Å². The molecule has 1 fully saturated rings. The lowest BCUT2D eigenvalue weighted by atomic mass is 9.97. The third-order valence-electron chi connectivity index (χ3n) is 4.55. The van der Waals surface area contributed by atoms with E-state index in [-0.39, 0.29) is 17.8 Å². The van der Waals surface area contributed by atoms with Gasteiger partial charge in [-0.15, -0.1) is 10.2 Å². The van der Waals surface area contributed by atoms with Crippen LogP contribution in [0.5, 0.6) is 5.75 Å². The summed E-state index contributed by atoms with van der Waals surface area (Å²) in [5, 5.41) is 18.5. The maximum atomic E-state index is 12.1. The summed E-state index contributed by atoms with van der Waals surface area (Å²) in [5.74, 6) is 0.394. The lowest BCUT2D eigenvalue weighted by Crippen LogP contribution is -2.50. The molecule has 0 atom stereocenters. The van der Waals surface area contributed by atoms with Crippen molar-refractivity contribution in [3.05, 3.63) is 42.1 Å². The molecule has 7 nitrogen and oxygen atoms in total. The Morgan fingerprint density at radius 3 is 2.67 bits per heavy atom. The van der Waals surface area contributed by atoms with Crippen LogP contribution >= 0.6 is 0 Å². The van der Waals surface area contributed by atoms with Crippen LogP contribution in [0.3, 0.4) is 0 Å². The van der Waals surface area contributed by atoms with E-state index in [2.05, 4.69) is 15.2 Å². The Hall–Kier alpha value is -3.09. The van der Waals surface area contributed by atoms with Gasteiger partial charge in [0.05, 0.1) is 11.2 Å². The monoisotopic (exact) mass is 366 g/mol. The molecule has 1 saturated heterocycles. The second-order valence-corrected chi connectivity index (χ2v) is 7.85. The lowest BCUT2D eigenvalue weighted by Gasteiger charge is -2.39. The maximum absolute atomic E-state index is 12.1. The zero-order valence-electron chi connectivity index (χ0n) is 15.6. The van der Waals surface area contributed by atoms with Crippen LogP contribution in [0.2, 0.25) is 0 Å². The van der Waals surface area contributed by atoms with Crippen molar-refractivity contribution >= 4 is 17.1 Å². The highest BCUT2D eigenvalue weighted by molar-refractivity contribution is 5.81. The zero-order valence-corrected chi connectivity index (χ0v) is 15.6. The predicted molar refractivity (Wildman–Crippen MR) is 102 cm³/mol. The van der Waals surface area contributed by atoms with Crippen LogP contribution < -0.4 is 0 Å². The van der Waals surface area contributed by atoms with Crippen LogP contribution in [0.1, 0.15) is 32.4 Å². The number of benzene rings is 1. The van der Waals surface area contributed by atoms with Crippen molar-refractivity contribution in [2.75, 3.05) is 13.1 Å². The van der Waals surface area contributed by atoms with Gasteiger partial charge in [0.1, 0.15) is 16.9 Å². The Balaban J connectivity index is 1.51. The van der Waals surface area contributed by atoms with Crippen molar-refractivity contribution in [3.8, 4) is 17.0 Å². The highest BCUT2D eigenvalue weighted by Gasteiger charge is 2.35. The van der Waals surface area contributed by atoms with E-state index in [4.69, 9.17) is 4.74 Å². The van der Waals surface area contributed by atoms with Crippen LogP contribution in [-0.4, -0.2) is 50.0 Å². The van der Waals surface area contributed by atoms with Gasteiger partial charge < -0.3 is 19.7 Å². The average Bonchev–Trinajstić information content (AvgIpc) is 2.94. The Bertz CT molecular complexity index is 1000. The first-order valence-electron chi connectivity index (χ1n) is 8.93. The fourth-order valence-corrected chi connectivity index (χ4v) is 3.14. The molecule has 1 aliphatic rings. The number of carbonyl (C=O) groups excluding carboxylic acids is 1. The number of hydrogen-bond donors (Lipinski definition) is 2. The third kappa shape index (κ3) is 3.45. The minimum absolute atomic E-state index is 0.171. The van der Waals surface area contributed by atoms with E-state index >= 15 is 0 Å². The Labute approximate surface area is 157 Å². The number of aromatic nitrogens is 3. The zero-order chi connectivity index (χ0) is 19.2. The summed E-state index contributed by atoms with van der Waals surface area (Å²) in [6.45, 7) is 6.81. The molecule has 0 bridgehead atoms. The minimum atomic E-state index is -0.488. The van der Waals surface area contributed by atoms with Crippen LogP contribution in [0.25, 0.3) is 22.3 Å². The molecule has 1 amide bonds. The SMILES string of the molecule is CC(C)(C)OC(=O)N1CC(c2cc3nnc(-c4ccccc4O)cc3[nH]2)C1. The molecule has 0 spiro atoms. The number of likely N-dealkylation sites (tertiary alicyclic amines) is 1. The van der Waals surface area contributed by atoms with Gasteiger partial charge in [0, 0.05) is 30.3 Å². The molecule has 7 heteroatoms. The number of H-pyrrole nitrogens is 1. The Kier molecular flexibility index (Phi) is 4.02. The summed E-state index contributed by atoms with van der Waals surface area (Å²) in [6, 6.07) is 10.9. The highest BCUT2D eigenvalue weighted by Crippen LogP contribution is 2.32. The molecule has 2 N–H and O–H groups in total. The molecule has 4 rings (SSSR count). The normalized spacial score (nSPS) is 15.0. The largest absolute Gasteiger partial charge is 0.507 e. The number of nitrogens with one attached hydrogen (secondary N) is 1. The van der Waals surface area contributed by atoms with Gasteiger partial charge in [-0.2, -0.15) is 0 Å². The summed E-state index contributed by atoms with van der Waals surface area (Å²) < 4.78 is 5.39. The van der Waals surface area contributed by atoms with Gasteiger partial charge >= 0.3 is 6.09 Å². The highest BCUT2D eigenvalue weighted by atomic mass is 16.6. The Morgan fingerprint density at radius 1 is 1.22 bits per heavy atom.